The van der Waals surface area contributed by atoms with E-state index in [1.165, 1.54) is 11.1 Å². The Hall–Kier alpha value is -3.18. The van der Waals surface area contributed by atoms with Crippen molar-refractivity contribution in [1.29, 1.82) is 0 Å². The van der Waals surface area contributed by atoms with Crippen LogP contribution in [0, 0.1) is 5.92 Å². The van der Waals surface area contributed by atoms with Gasteiger partial charge in [0.25, 0.3) is 5.91 Å². The third-order valence-corrected chi connectivity index (χ3v) is 7.18. The maximum Gasteiger partial charge on any atom is 0.251 e. The second-order valence-electron chi connectivity index (χ2n) is 9.09. The predicted molar refractivity (Wildman–Crippen MR) is 128 cm³/mol. The molecule has 0 fully saturated rings. The molecule has 2 aliphatic rings. The summed E-state index contributed by atoms with van der Waals surface area (Å²) in [7, 11) is 1.97. The Morgan fingerprint density at radius 3 is 2.59 bits per heavy atom. The van der Waals surface area contributed by atoms with E-state index in [1.807, 2.05) is 31.4 Å². The first kappa shape index (κ1) is 20.7. The predicted octanol–water partition coefficient (Wildman–Crippen LogP) is 4.60. The van der Waals surface area contributed by atoms with Crippen LogP contribution in [-0.4, -0.2) is 24.0 Å². The zero-order valence-corrected chi connectivity index (χ0v) is 18.8. The molecule has 0 saturated carbocycles. The number of anilines is 1. The minimum Gasteiger partial charge on any atom is -0.376 e. The minimum absolute atomic E-state index is 0.0108. The Balaban J connectivity index is 1.75. The summed E-state index contributed by atoms with van der Waals surface area (Å²) in [6.45, 7) is 5.22. The standard InChI is InChI=1S/C27H30N4O/c1-16-17(2)30-27(32)20-10-7-12-21-25(20)23(16)24(19-9-6-8-18(14-19)15-28-3)26(31-21)22-11-4-5-13-29-22/h4-14,16-17,23-24,26,28,31H,15H2,1-3H3,(H,30,32). The Bertz CT molecular complexity index is 1130. The van der Waals surface area contributed by atoms with E-state index in [0.29, 0.717) is 0 Å². The molecule has 2 aromatic carbocycles. The van der Waals surface area contributed by atoms with E-state index < -0.39 is 0 Å². The summed E-state index contributed by atoms with van der Waals surface area (Å²) >= 11 is 0. The highest BCUT2D eigenvalue weighted by atomic mass is 16.1. The molecule has 3 aromatic rings. The molecule has 5 heteroatoms. The van der Waals surface area contributed by atoms with Gasteiger partial charge >= 0.3 is 0 Å². The van der Waals surface area contributed by atoms with Crippen molar-refractivity contribution >= 4 is 11.6 Å². The Morgan fingerprint density at radius 1 is 0.969 bits per heavy atom. The first-order valence-corrected chi connectivity index (χ1v) is 11.4. The number of carbonyl (C=O) groups excluding carboxylic acids is 1. The second kappa shape index (κ2) is 8.40. The number of amides is 1. The molecule has 1 aromatic heterocycles. The van der Waals surface area contributed by atoms with Gasteiger partial charge < -0.3 is 16.0 Å². The number of hydrogen-bond donors (Lipinski definition) is 3. The molecule has 5 rings (SSSR count). The van der Waals surface area contributed by atoms with Crippen molar-refractivity contribution in [2.24, 2.45) is 5.92 Å². The van der Waals surface area contributed by atoms with E-state index >= 15 is 0 Å². The van der Waals surface area contributed by atoms with E-state index in [-0.39, 0.29) is 35.7 Å². The average molecular weight is 427 g/mol. The van der Waals surface area contributed by atoms with Gasteiger partial charge in [0.1, 0.15) is 0 Å². The van der Waals surface area contributed by atoms with E-state index in [0.717, 1.165) is 29.1 Å². The molecule has 0 saturated heterocycles. The lowest BCUT2D eigenvalue weighted by molar-refractivity contribution is 0.0933. The second-order valence-corrected chi connectivity index (χ2v) is 9.09. The molecule has 5 unspecified atom stereocenters. The average Bonchev–Trinajstić information content (AvgIpc) is 2.91. The first-order chi connectivity index (χ1) is 15.6. The fourth-order valence-electron chi connectivity index (χ4n) is 5.54. The summed E-state index contributed by atoms with van der Waals surface area (Å²) in [5.41, 5.74) is 6.52. The molecule has 5 atom stereocenters. The van der Waals surface area contributed by atoms with Crippen molar-refractivity contribution in [3.63, 3.8) is 0 Å². The van der Waals surface area contributed by atoms with Gasteiger partial charge in [0.05, 0.1) is 11.7 Å². The molecule has 0 aliphatic carbocycles. The number of pyridine rings is 1. The largest absolute Gasteiger partial charge is 0.376 e. The van der Waals surface area contributed by atoms with Crippen molar-refractivity contribution in [3.05, 3.63) is 94.8 Å². The van der Waals surface area contributed by atoms with E-state index in [2.05, 4.69) is 72.3 Å². The van der Waals surface area contributed by atoms with Crippen LogP contribution in [-0.2, 0) is 6.54 Å². The third-order valence-electron chi connectivity index (χ3n) is 7.18. The number of benzene rings is 2. The molecule has 3 N–H and O–H groups in total. The summed E-state index contributed by atoms with van der Waals surface area (Å²) in [5.74, 6) is 0.589. The van der Waals surface area contributed by atoms with Crippen LogP contribution in [0.15, 0.2) is 66.9 Å². The van der Waals surface area contributed by atoms with Crippen LogP contribution in [0.2, 0.25) is 0 Å². The smallest absolute Gasteiger partial charge is 0.251 e. The molecule has 0 spiro atoms. The summed E-state index contributed by atoms with van der Waals surface area (Å²) in [6.07, 6.45) is 1.86. The van der Waals surface area contributed by atoms with Gasteiger partial charge in [-0.15, -0.1) is 0 Å². The third kappa shape index (κ3) is 3.47. The van der Waals surface area contributed by atoms with Crippen LogP contribution in [0.25, 0.3) is 0 Å². The van der Waals surface area contributed by atoms with Crippen molar-refractivity contribution in [2.75, 3.05) is 12.4 Å². The van der Waals surface area contributed by atoms with Gasteiger partial charge in [-0.25, -0.2) is 0 Å². The summed E-state index contributed by atoms with van der Waals surface area (Å²) < 4.78 is 0. The molecule has 164 valence electrons. The number of hydrogen-bond acceptors (Lipinski definition) is 4. The van der Waals surface area contributed by atoms with Crippen molar-refractivity contribution in [3.8, 4) is 0 Å². The van der Waals surface area contributed by atoms with Gasteiger partial charge in [-0.05, 0) is 60.8 Å². The fraction of sp³-hybridized carbons (Fsp3) is 0.333. The lowest BCUT2D eigenvalue weighted by atomic mass is 9.66. The maximum absolute atomic E-state index is 13.1. The molecule has 5 nitrogen and oxygen atoms in total. The number of nitrogens with zero attached hydrogens (tertiary/aromatic N) is 1. The molecule has 3 heterocycles. The van der Waals surface area contributed by atoms with Crippen molar-refractivity contribution < 1.29 is 4.79 Å². The maximum atomic E-state index is 13.1. The molecule has 0 bridgehead atoms. The minimum atomic E-state index is 0.0108. The van der Waals surface area contributed by atoms with Gasteiger partial charge in [0, 0.05) is 41.9 Å². The molecular formula is C27H30N4O. The topological polar surface area (TPSA) is 66.1 Å². The van der Waals surface area contributed by atoms with Crippen LogP contribution < -0.4 is 16.0 Å². The summed E-state index contributed by atoms with van der Waals surface area (Å²) in [4.78, 5) is 17.8. The van der Waals surface area contributed by atoms with Gasteiger partial charge in [0.2, 0.25) is 0 Å². The van der Waals surface area contributed by atoms with Gasteiger partial charge in [-0.3, -0.25) is 9.78 Å². The zero-order valence-electron chi connectivity index (χ0n) is 18.8. The van der Waals surface area contributed by atoms with Gasteiger partial charge in [-0.1, -0.05) is 43.3 Å². The molecule has 32 heavy (non-hydrogen) atoms. The van der Waals surface area contributed by atoms with E-state index in [1.54, 1.807) is 0 Å². The van der Waals surface area contributed by atoms with Crippen LogP contribution in [0.1, 0.15) is 64.5 Å². The molecule has 2 aliphatic heterocycles. The summed E-state index contributed by atoms with van der Waals surface area (Å²) in [6, 6.07) is 21.1. The van der Waals surface area contributed by atoms with Crippen molar-refractivity contribution in [2.45, 2.75) is 44.3 Å². The quantitative estimate of drug-likeness (QED) is 0.570. The summed E-state index contributed by atoms with van der Waals surface area (Å²) in [5, 5.41) is 10.3. The molecule has 0 radical (unpaired) electrons. The highest BCUT2D eigenvalue weighted by molar-refractivity contribution is 5.98. The normalized spacial score (nSPS) is 26.5. The Labute approximate surface area is 189 Å². The molecule has 1 amide bonds. The molecular weight excluding hydrogens is 396 g/mol. The number of aromatic nitrogens is 1. The van der Waals surface area contributed by atoms with Crippen molar-refractivity contribution in [1.82, 2.24) is 15.6 Å². The van der Waals surface area contributed by atoms with Gasteiger partial charge in [-0.2, -0.15) is 0 Å². The highest BCUT2D eigenvalue weighted by Gasteiger charge is 2.46. The highest BCUT2D eigenvalue weighted by Crippen LogP contribution is 2.54. The van der Waals surface area contributed by atoms with Crippen LogP contribution >= 0.6 is 0 Å². The first-order valence-electron chi connectivity index (χ1n) is 11.4. The lowest BCUT2D eigenvalue weighted by Crippen LogP contribution is -2.39. The number of carbonyl (C=O) groups is 1. The van der Waals surface area contributed by atoms with Gasteiger partial charge in [0.15, 0.2) is 0 Å². The monoisotopic (exact) mass is 426 g/mol. The lowest BCUT2D eigenvalue weighted by Gasteiger charge is -2.44. The zero-order chi connectivity index (χ0) is 22.2. The van der Waals surface area contributed by atoms with E-state index in [9.17, 15) is 4.79 Å². The number of rotatable bonds is 4. The Kier molecular flexibility index (Phi) is 5.43. The SMILES string of the molecule is CNCc1cccc(C2C(c3ccccn3)Nc3cccc4c3C2C(C)C(C)NC4=O)c1. The van der Waals surface area contributed by atoms with Crippen LogP contribution in [0.4, 0.5) is 5.69 Å². The number of nitrogens with one attached hydrogen (secondary N) is 3. The fourth-order valence-corrected chi connectivity index (χ4v) is 5.54. The Morgan fingerprint density at radius 2 is 1.81 bits per heavy atom. The van der Waals surface area contributed by atoms with Crippen LogP contribution in [0.5, 0.6) is 0 Å². The van der Waals surface area contributed by atoms with Crippen LogP contribution in [0.3, 0.4) is 0 Å². The van der Waals surface area contributed by atoms with E-state index in [4.69, 9.17) is 4.98 Å².